The van der Waals surface area contributed by atoms with Gasteiger partial charge in [-0.15, -0.1) is 0 Å². The summed E-state index contributed by atoms with van der Waals surface area (Å²) in [5.74, 6) is 0.755. The summed E-state index contributed by atoms with van der Waals surface area (Å²) in [6.07, 6.45) is 0.937. The summed E-state index contributed by atoms with van der Waals surface area (Å²) in [5, 5.41) is 0. The highest BCUT2D eigenvalue weighted by Gasteiger charge is 2.13. The topological polar surface area (TPSA) is 57.0 Å². The molecule has 1 unspecified atom stereocenters. The molecule has 2 N–H and O–H groups in total. The normalized spacial score (nSPS) is 12.6. The summed E-state index contributed by atoms with van der Waals surface area (Å²) < 4.78 is 16.1. The van der Waals surface area contributed by atoms with Gasteiger partial charge in [0.15, 0.2) is 0 Å². The van der Waals surface area contributed by atoms with Gasteiger partial charge in [-0.2, -0.15) is 0 Å². The van der Waals surface area contributed by atoms with Gasteiger partial charge in [-0.05, 0) is 25.5 Å². The summed E-state index contributed by atoms with van der Waals surface area (Å²) in [6.45, 7) is 6.10. The van der Waals surface area contributed by atoms with Gasteiger partial charge in [0.05, 0.1) is 25.5 Å². The van der Waals surface area contributed by atoms with Crippen LogP contribution in [0.2, 0.25) is 0 Å². The highest BCUT2D eigenvalue weighted by Crippen LogP contribution is 2.19. The molecule has 0 heterocycles. The van der Waals surface area contributed by atoms with Crippen molar-refractivity contribution in [2.24, 2.45) is 0 Å². The van der Waals surface area contributed by atoms with Crippen molar-refractivity contribution in [3.8, 4) is 5.75 Å². The molecule has 0 spiro atoms. The summed E-state index contributed by atoms with van der Waals surface area (Å²) in [7, 11) is 3.45. The van der Waals surface area contributed by atoms with E-state index >= 15 is 0 Å². The fraction of sp³-hybridized carbons (Fsp3) is 0.625. The lowest BCUT2D eigenvalue weighted by molar-refractivity contribution is 0.0717. The maximum absolute atomic E-state index is 5.85. The summed E-state index contributed by atoms with van der Waals surface area (Å²) in [4.78, 5) is 2.35. The van der Waals surface area contributed by atoms with Gasteiger partial charge in [-0.3, -0.25) is 4.90 Å². The van der Waals surface area contributed by atoms with Crippen LogP contribution in [0.5, 0.6) is 5.75 Å². The fourth-order valence-electron chi connectivity index (χ4n) is 2.17. The molecule has 0 aliphatic carbocycles. The summed E-state index contributed by atoms with van der Waals surface area (Å²) in [6, 6.07) is 7.94. The second kappa shape index (κ2) is 10.4. The predicted octanol–water partition coefficient (Wildman–Crippen LogP) is 2.02. The molecule has 0 saturated heterocycles. The Morgan fingerprint density at radius 1 is 1.10 bits per heavy atom. The number of nitrogen functional groups attached to an aromatic ring is 1. The lowest BCUT2D eigenvalue weighted by atomic mass is 10.2. The Labute approximate surface area is 128 Å². The zero-order chi connectivity index (χ0) is 15.5. The number of hydrogen-bond acceptors (Lipinski definition) is 5. The minimum atomic E-state index is 0.368. The zero-order valence-electron chi connectivity index (χ0n) is 13.4. The molecule has 0 aliphatic heterocycles. The van der Waals surface area contributed by atoms with Crippen LogP contribution in [0.1, 0.15) is 13.3 Å². The van der Waals surface area contributed by atoms with E-state index in [1.54, 1.807) is 14.2 Å². The van der Waals surface area contributed by atoms with Crippen LogP contribution in [0, 0.1) is 0 Å². The van der Waals surface area contributed by atoms with Crippen LogP contribution >= 0.6 is 0 Å². The monoisotopic (exact) mass is 296 g/mol. The number of para-hydroxylation sites is 2. The molecule has 0 fully saturated rings. The third-order valence-electron chi connectivity index (χ3n) is 3.38. The van der Waals surface area contributed by atoms with Crippen molar-refractivity contribution < 1.29 is 14.2 Å². The summed E-state index contributed by atoms with van der Waals surface area (Å²) in [5.41, 5.74) is 6.53. The minimum absolute atomic E-state index is 0.368. The van der Waals surface area contributed by atoms with Crippen molar-refractivity contribution in [1.29, 1.82) is 0 Å². The van der Waals surface area contributed by atoms with Gasteiger partial charge < -0.3 is 19.9 Å². The largest absolute Gasteiger partial charge is 0.491 e. The van der Waals surface area contributed by atoms with Crippen LogP contribution in [-0.2, 0) is 9.47 Å². The number of hydrogen-bond donors (Lipinski definition) is 1. The minimum Gasteiger partial charge on any atom is -0.491 e. The van der Waals surface area contributed by atoms with Gasteiger partial charge in [0.25, 0.3) is 0 Å². The van der Waals surface area contributed by atoms with Crippen LogP contribution < -0.4 is 10.5 Å². The van der Waals surface area contributed by atoms with Gasteiger partial charge in [-0.25, -0.2) is 0 Å². The molecular formula is C16H28N2O3. The molecule has 0 saturated carbocycles. The third-order valence-corrected chi connectivity index (χ3v) is 3.38. The Kier molecular flexibility index (Phi) is 8.82. The first-order valence-electron chi connectivity index (χ1n) is 7.38. The number of nitrogens with zero attached hydrogens (tertiary/aromatic N) is 1. The second-order valence-corrected chi connectivity index (χ2v) is 5.07. The maximum Gasteiger partial charge on any atom is 0.142 e. The van der Waals surface area contributed by atoms with Crippen molar-refractivity contribution in [2.45, 2.75) is 19.4 Å². The molecule has 1 aromatic carbocycles. The van der Waals surface area contributed by atoms with Gasteiger partial charge in [0.2, 0.25) is 0 Å². The molecule has 1 atom stereocenters. The van der Waals surface area contributed by atoms with Gasteiger partial charge in [-0.1, -0.05) is 12.1 Å². The molecule has 0 aromatic heterocycles. The van der Waals surface area contributed by atoms with Crippen LogP contribution in [0.3, 0.4) is 0 Å². The molecule has 1 aromatic rings. The number of benzene rings is 1. The highest BCUT2D eigenvalue weighted by molar-refractivity contribution is 5.51. The van der Waals surface area contributed by atoms with E-state index in [4.69, 9.17) is 19.9 Å². The Hall–Kier alpha value is -1.30. The first-order valence-corrected chi connectivity index (χ1v) is 7.38. The Morgan fingerprint density at radius 3 is 2.52 bits per heavy atom. The standard InChI is InChI=1S/C16H28N2O3/c1-14(13-20-3)18(10-12-19-2)9-6-11-21-16-8-5-4-7-15(16)17/h4-5,7-8,14H,6,9-13,17H2,1-3H3. The van der Waals surface area contributed by atoms with Gasteiger partial charge >= 0.3 is 0 Å². The van der Waals surface area contributed by atoms with Gasteiger partial charge in [0.1, 0.15) is 5.75 Å². The Bertz CT molecular complexity index is 388. The molecule has 120 valence electrons. The quantitative estimate of drug-likeness (QED) is 0.500. The van der Waals surface area contributed by atoms with E-state index in [2.05, 4.69) is 11.8 Å². The van der Waals surface area contributed by atoms with Crippen molar-refractivity contribution in [3.63, 3.8) is 0 Å². The number of nitrogens with two attached hydrogens (primary N) is 1. The number of methoxy groups -OCH3 is 2. The first kappa shape index (κ1) is 17.8. The van der Waals surface area contributed by atoms with Crippen molar-refractivity contribution in [2.75, 3.05) is 52.9 Å². The van der Waals surface area contributed by atoms with E-state index in [-0.39, 0.29) is 0 Å². The van der Waals surface area contributed by atoms with Crippen LogP contribution in [0.15, 0.2) is 24.3 Å². The number of anilines is 1. The van der Waals surface area contributed by atoms with Crippen molar-refractivity contribution >= 4 is 5.69 Å². The molecule has 0 aliphatic rings. The molecule has 5 nitrogen and oxygen atoms in total. The molecule has 1 rings (SSSR count). The first-order chi connectivity index (χ1) is 10.2. The lowest BCUT2D eigenvalue weighted by Gasteiger charge is -2.28. The average Bonchev–Trinajstić information content (AvgIpc) is 2.48. The van der Waals surface area contributed by atoms with Crippen molar-refractivity contribution in [3.05, 3.63) is 24.3 Å². The highest BCUT2D eigenvalue weighted by atomic mass is 16.5. The van der Waals surface area contributed by atoms with E-state index in [0.29, 0.717) is 18.3 Å². The third kappa shape index (κ3) is 6.80. The number of rotatable bonds is 11. The maximum atomic E-state index is 5.85. The molecule has 5 heteroatoms. The Morgan fingerprint density at radius 2 is 1.86 bits per heavy atom. The van der Waals surface area contributed by atoms with E-state index in [1.807, 2.05) is 24.3 Å². The van der Waals surface area contributed by atoms with E-state index < -0.39 is 0 Å². The number of ether oxygens (including phenoxy) is 3. The fourth-order valence-corrected chi connectivity index (χ4v) is 2.17. The SMILES string of the molecule is COCCN(CCCOc1ccccc1N)C(C)COC. The molecular weight excluding hydrogens is 268 g/mol. The van der Waals surface area contributed by atoms with E-state index in [1.165, 1.54) is 0 Å². The Balaban J connectivity index is 2.33. The average molecular weight is 296 g/mol. The molecule has 0 bridgehead atoms. The van der Waals surface area contributed by atoms with E-state index in [0.717, 1.165) is 38.5 Å². The van der Waals surface area contributed by atoms with Crippen LogP contribution in [-0.4, -0.2) is 58.1 Å². The van der Waals surface area contributed by atoms with Gasteiger partial charge in [0, 0.05) is 33.4 Å². The van der Waals surface area contributed by atoms with Crippen LogP contribution in [0.25, 0.3) is 0 Å². The predicted molar refractivity (Wildman–Crippen MR) is 85.8 cm³/mol. The zero-order valence-corrected chi connectivity index (χ0v) is 13.4. The second-order valence-electron chi connectivity index (χ2n) is 5.07. The van der Waals surface area contributed by atoms with E-state index in [9.17, 15) is 0 Å². The lowest BCUT2D eigenvalue weighted by Crippen LogP contribution is -2.39. The molecule has 21 heavy (non-hydrogen) atoms. The summed E-state index contributed by atoms with van der Waals surface area (Å²) >= 11 is 0. The molecule has 0 radical (unpaired) electrons. The molecule has 0 amide bonds. The smallest absolute Gasteiger partial charge is 0.142 e. The van der Waals surface area contributed by atoms with Crippen molar-refractivity contribution in [1.82, 2.24) is 4.90 Å². The van der Waals surface area contributed by atoms with Crippen LogP contribution in [0.4, 0.5) is 5.69 Å².